The molecule has 0 saturated carbocycles. The van der Waals surface area contributed by atoms with Gasteiger partial charge < -0.3 is 19.2 Å². The molecule has 1 aliphatic rings. The van der Waals surface area contributed by atoms with Crippen LogP contribution in [0.4, 0.5) is 0 Å². The first-order valence-electron chi connectivity index (χ1n) is 8.21. The van der Waals surface area contributed by atoms with Crippen LogP contribution in [0.3, 0.4) is 0 Å². The number of carbonyl (C=O) groups excluding carboxylic acids is 1. The van der Waals surface area contributed by atoms with Crippen molar-refractivity contribution in [3.8, 4) is 0 Å². The Bertz CT molecular complexity index is 701. The number of ether oxygens (including phenoxy) is 2. The summed E-state index contributed by atoms with van der Waals surface area (Å²) in [6.07, 6.45) is 6.36. The number of pyridine rings is 1. The normalized spacial score (nSPS) is 20.8. The van der Waals surface area contributed by atoms with E-state index in [1.54, 1.807) is 6.20 Å². The summed E-state index contributed by atoms with van der Waals surface area (Å²) in [4.78, 5) is 16.8. The summed E-state index contributed by atoms with van der Waals surface area (Å²) < 4.78 is 13.2. The summed E-state index contributed by atoms with van der Waals surface area (Å²) in [5, 5.41) is 3.00. The fourth-order valence-corrected chi connectivity index (χ4v) is 2.68. The smallest absolute Gasteiger partial charge is 0.271 e. The van der Waals surface area contributed by atoms with E-state index in [2.05, 4.69) is 10.3 Å². The number of aromatic nitrogens is 2. The second-order valence-corrected chi connectivity index (χ2v) is 6.19. The molecule has 1 N–H and O–H groups in total. The molecule has 1 amide bonds. The highest BCUT2D eigenvalue weighted by molar-refractivity contribution is 5.93. The molecular weight excluding hydrogens is 306 g/mol. The van der Waals surface area contributed by atoms with E-state index in [-0.39, 0.29) is 18.1 Å². The molecule has 0 spiro atoms. The number of nitrogens with one attached hydrogen (secondary N) is 1. The number of hydrogen-bond acceptors (Lipinski definition) is 4. The van der Waals surface area contributed by atoms with Gasteiger partial charge in [0, 0.05) is 19.0 Å². The maximum atomic E-state index is 12.5. The van der Waals surface area contributed by atoms with E-state index in [9.17, 15) is 4.79 Å². The summed E-state index contributed by atoms with van der Waals surface area (Å²) in [6, 6.07) is 5.50. The van der Waals surface area contributed by atoms with Crippen molar-refractivity contribution in [2.24, 2.45) is 0 Å². The third kappa shape index (κ3) is 4.01. The largest absolute Gasteiger partial charge is 0.379 e. The van der Waals surface area contributed by atoms with Crippen molar-refractivity contribution in [2.45, 2.75) is 32.4 Å². The zero-order chi connectivity index (χ0) is 16.9. The maximum Gasteiger partial charge on any atom is 0.271 e. The fraction of sp³-hybridized carbons (Fsp3) is 0.444. The Hall–Kier alpha value is -2.18. The van der Waals surface area contributed by atoms with Crippen molar-refractivity contribution in [3.63, 3.8) is 0 Å². The molecule has 0 unspecified atom stereocenters. The standard InChI is InChI=1S/C18H23N3O3/c1-13(2)6-10-24-16-7-9-23-12-15(16)20-18(22)14-11-21-8-4-3-5-17(21)19-14/h3-6,8,11,15-16H,7,9-10,12H2,1-2H3,(H,20,22)/t15-,16+/m1/s1. The molecule has 3 heterocycles. The lowest BCUT2D eigenvalue weighted by molar-refractivity contribution is -0.0457. The molecule has 128 valence electrons. The van der Waals surface area contributed by atoms with Crippen LogP contribution in [0.1, 0.15) is 30.8 Å². The van der Waals surface area contributed by atoms with Gasteiger partial charge in [-0.1, -0.05) is 17.7 Å². The molecule has 0 aliphatic carbocycles. The van der Waals surface area contributed by atoms with Crippen molar-refractivity contribution in [2.75, 3.05) is 19.8 Å². The Morgan fingerprint density at radius 1 is 1.50 bits per heavy atom. The minimum atomic E-state index is -0.204. The minimum absolute atomic E-state index is 0.0460. The van der Waals surface area contributed by atoms with Crippen LogP contribution in [0.2, 0.25) is 0 Å². The molecule has 1 fully saturated rings. The van der Waals surface area contributed by atoms with E-state index < -0.39 is 0 Å². The number of allylic oxidation sites excluding steroid dienone is 1. The Balaban J connectivity index is 1.65. The van der Waals surface area contributed by atoms with Gasteiger partial charge in [-0.2, -0.15) is 0 Å². The van der Waals surface area contributed by atoms with E-state index in [4.69, 9.17) is 9.47 Å². The average Bonchev–Trinajstić information content (AvgIpc) is 3.00. The SMILES string of the molecule is CC(C)=CCO[C@H]1CCOC[C@H]1NC(=O)c1cn2ccccc2n1. The molecule has 3 rings (SSSR count). The first kappa shape index (κ1) is 16.7. The molecule has 2 aromatic rings. The van der Waals surface area contributed by atoms with Crippen molar-refractivity contribution < 1.29 is 14.3 Å². The molecule has 1 aliphatic heterocycles. The number of fused-ring (bicyclic) bond motifs is 1. The molecule has 2 aromatic heterocycles. The van der Waals surface area contributed by atoms with Gasteiger partial charge in [-0.15, -0.1) is 0 Å². The number of carbonyl (C=O) groups is 1. The van der Waals surface area contributed by atoms with Gasteiger partial charge in [0.15, 0.2) is 0 Å². The predicted octanol–water partition coefficient (Wildman–Crippen LogP) is 2.20. The minimum Gasteiger partial charge on any atom is -0.379 e. The van der Waals surface area contributed by atoms with Crippen LogP contribution in [0, 0.1) is 0 Å². The summed E-state index contributed by atoms with van der Waals surface area (Å²) in [5.41, 5.74) is 2.36. The predicted molar refractivity (Wildman–Crippen MR) is 91.1 cm³/mol. The van der Waals surface area contributed by atoms with Crippen molar-refractivity contribution in [1.82, 2.24) is 14.7 Å². The van der Waals surface area contributed by atoms with Gasteiger partial charge in [0.25, 0.3) is 5.91 Å². The lowest BCUT2D eigenvalue weighted by Crippen LogP contribution is -2.50. The zero-order valence-electron chi connectivity index (χ0n) is 14.1. The summed E-state index contributed by atoms with van der Waals surface area (Å²) >= 11 is 0. The van der Waals surface area contributed by atoms with Crippen LogP contribution in [-0.2, 0) is 9.47 Å². The maximum absolute atomic E-state index is 12.5. The van der Waals surface area contributed by atoms with Gasteiger partial charge in [0.05, 0.1) is 25.4 Å². The molecule has 2 atom stereocenters. The second kappa shape index (κ2) is 7.59. The van der Waals surface area contributed by atoms with Gasteiger partial charge in [0.2, 0.25) is 0 Å². The van der Waals surface area contributed by atoms with Gasteiger partial charge in [-0.25, -0.2) is 4.98 Å². The third-order valence-corrected chi connectivity index (χ3v) is 4.01. The number of nitrogens with zero attached hydrogens (tertiary/aromatic N) is 2. The van der Waals surface area contributed by atoms with Gasteiger partial charge >= 0.3 is 0 Å². The number of rotatable bonds is 5. The molecule has 1 saturated heterocycles. The Labute approximate surface area is 141 Å². The molecule has 6 nitrogen and oxygen atoms in total. The van der Waals surface area contributed by atoms with Gasteiger partial charge in [-0.3, -0.25) is 4.79 Å². The van der Waals surface area contributed by atoms with E-state index in [0.29, 0.717) is 25.5 Å². The van der Waals surface area contributed by atoms with E-state index >= 15 is 0 Å². The lowest BCUT2D eigenvalue weighted by Gasteiger charge is -2.31. The van der Waals surface area contributed by atoms with Crippen LogP contribution in [0.15, 0.2) is 42.2 Å². The fourth-order valence-electron chi connectivity index (χ4n) is 2.68. The molecular formula is C18H23N3O3. The Kier molecular flexibility index (Phi) is 5.27. The van der Waals surface area contributed by atoms with Crippen LogP contribution < -0.4 is 5.32 Å². The molecule has 0 radical (unpaired) electrons. The van der Waals surface area contributed by atoms with Gasteiger partial charge in [0.1, 0.15) is 11.3 Å². The molecule has 6 heteroatoms. The molecule has 24 heavy (non-hydrogen) atoms. The highest BCUT2D eigenvalue weighted by Gasteiger charge is 2.28. The highest BCUT2D eigenvalue weighted by atomic mass is 16.5. The van der Waals surface area contributed by atoms with Crippen LogP contribution in [-0.4, -0.2) is 47.3 Å². The Morgan fingerprint density at radius 2 is 2.38 bits per heavy atom. The van der Waals surface area contributed by atoms with Crippen molar-refractivity contribution >= 4 is 11.6 Å². The quantitative estimate of drug-likeness (QED) is 0.854. The number of imidazole rings is 1. The van der Waals surface area contributed by atoms with Crippen LogP contribution in [0.5, 0.6) is 0 Å². The van der Waals surface area contributed by atoms with Gasteiger partial charge in [-0.05, 0) is 32.4 Å². The van der Waals surface area contributed by atoms with E-state index in [0.717, 1.165) is 12.1 Å². The Morgan fingerprint density at radius 3 is 3.17 bits per heavy atom. The van der Waals surface area contributed by atoms with Crippen LogP contribution in [0.25, 0.3) is 5.65 Å². The average molecular weight is 329 g/mol. The monoisotopic (exact) mass is 329 g/mol. The number of amides is 1. The zero-order valence-corrected chi connectivity index (χ0v) is 14.1. The van der Waals surface area contributed by atoms with E-state index in [1.807, 2.05) is 48.7 Å². The summed E-state index contributed by atoms with van der Waals surface area (Å²) in [6.45, 7) is 5.73. The van der Waals surface area contributed by atoms with E-state index in [1.165, 1.54) is 5.57 Å². The van der Waals surface area contributed by atoms with Crippen LogP contribution >= 0.6 is 0 Å². The third-order valence-electron chi connectivity index (χ3n) is 4.01. The topological polar surface area (TPSA) is 64.9 Å². The first-order valence-corrected chi connectivity index (χ1v) is 8.21. The highest BCUT2D eigenvalue weighted by Crippen LogP contribution is 2.13. The van der Waals surface area contributed by atoms with Crippen molar-refractivity contribution in [1.29, 1.82) is 0 Å². The number of hydrogen-bond donors (Lipinski definition) is 1. The molecule has 0 bridgehead atoms. The lowest BCUT2D eigenvalue weighted by atomic mass is 10.1. The molecule has 0 aromatic carbocycles. The summed E-state index contributed by atoms with van der Waals surface area (Å²) in [7, 11) is 0. The first-order chi connectivity index (χ1) is 11.6. The van der Waals surface area contributed by atoms with Crippen molar-refractivity contribution in [3.05, 3.63) is 47.9 Å². The summed E-state index contributed by atoms with van der Waals surface area (Å²) in [5.74, 6) is -0.204. The second-order valence-electron chi connectivity index (χ2n) is 6.19.